The monoisotopic (exact) mass is 463 g/mol. The molecule has 1 N–H and O–H groups in total. The van der Waals surface area contributed by atoms with Gasteiger partial charge in [-0.1, -0.05) is 30.8 Å². The minimum Gasteiger partial charge on any atom is -0.452 e. The van der Waals surface area contributed by atoms with E-state index in [0.29, 0.717) is 39.2 Å². The molecule has 166 valence electrons. The number of halogens is 1. The number of rotatable bonds is 4. The summed E-state index contributed by atoms with van der Waals surface area (Å²) in [6, 6.07) is 16.7. The number of anilines is 1. The molecule has 33 heavy (non-hydrogen) atoms. The molecule has 4 aromatic rings. The lowest BCUT2D eigenvalue weighted by Gasteiger charge is -2.30. The van der Waals surface area contributed by atoms with Gasteiger partial charge in [-0.25, -0.2) is 9.29 Å². The van der Waals surface area contributed by atoms with Crippen molar-refractivity contribution in [3.63, 3.8) is 0 Å². The highest BCUT2D eigenvalue weighted by atomic mass is 32.2. The summed E-state index contributed by atoms with van der Waals surface area (Å²) in [7, 11) is 0. The summed E-state index contributed by atoms with van der Waals surface area (Å²) in [6.07, 6.45) is -0.805. The van der Waals surface area contributed by atoms with E-state index in [1.807, 2.05) is 19.1 Å². The molecular formula is C24H20FN4O3S+. The first kappa shape index (κ1) is 21.1. The van der Waals surface area contributed by atoms with Crippen LogP contribution in [0.25, 0.3) is 22.6 Å². The zero-order valence-electron chi connectivity index (χ0n) is 17.9. The fourth-order valence-corrected chi connectivity index (χ4v) is 4.62. The number of para-hydroxylation sites is 1. The molecule has 2 aromatic heterocycles. The molecule has 0 aliphatic carbocycles. The van der Waals surface area contributed by atoms with E-state index in [9.17, 15) is 14.0 Å². The molecule has 2 aromatic carbocycles. The first-order valence-electron chi connectivity index (χ1n) is 10.4. The number of amides is 1. The maximum atomic E-state index is 13.4. The van der Waals surface area contributed by atoms with Crippen molar-refractivity contribution in [3.05, 3.63) is 82.6 Å². The third-order valence-electron chi connectivity index (χ3n) is 5.39. The Bertz CT molecular complexity index is 1410. The van der Waals surface area contributed by atoms with Crippen molar-refractivity contribution >= 4 is 23.4 Å². The molecule has 0 saturated carbocycles. The summed E-state index contributed by atoms with van der Waals surface area (Å²) in [5.74, 6) is 1.09. The number of carbonyl (C=O) groups is 1. The number of thioether (sulfide) groups is 1. The first-order valence-corrected chi connectivity index (χ1v) is 11.4. The number of aromatic nitrogens is 3. The number of hydrogen-bond acceptors (Lipinski definition) is 5. The summed E-state index contributed by atoms with van der Waals surface area (Å²) in [5.41, 5.74) is 1.94. The van der Waals surface area contributed by atoms with Gasteiger partial charge in [0.25, 0.3) is 0 Å². The Hall–Kier alpha value is -3.72. The zero-order valence-corrected chi connectivity index (χ0v) is 18.7. The minimum absolute atomic E-state index is 0.225. The van der Waals surface area contributed by atoms with E-state index in [1.54, 1.807) is 46.0 Å². The van der Waals surface area contributed by atoms with Crippen LogP contribution in [0.15, 0.2) is 75.0 Å². The Morgan fingerprint density at radius 1 is 1.18 bits per heavy atom. The Kier molecular flexibility index (Phi) is 5.33. The molecule has 0 saturated heterocycles. The van der Waals surface area contributed by atoms with Gasteiger partial charge in [0.2, 0.25) is 11.1 Å². The third kappa shape index (κ3) is 3.64. The van der Waals surface area contributed by atoms with Gasteiger partial charge in [-0.15, -0.1) is 0 Å². The van der Waals surface area contributed by atoms with Crippen molar-refractivity contribution in [2.24, 2.45) is 0 Å². The average Bonchev–Trinajstić information content (AvgIpc) is 3.28. The number of H-pyrrole nitrogens is 1. The van der Waals surface area contributed by atoms with Gasteiger partial charge in [0, 0.05) is 17.6 Å². The number of carbonyl (C=O) groups excluding carboxylic acids is 1. The Morgan fingerprint density at radius 3 is 2.67 bits per heavy atom. The van der Waals surface area contributed by atoms with Crippen LogP contribution < -0.4 is 15.1 Å². The topological polar surface area (TPSA) is 83.1 Å². The molecule has 9 heteroatoms. The molecule has 0 radical (unpaired) electrons. The quantitative estimate of drug-likeness (QED) is 0.363. The molecule has 1 unspecified atom stereocenters. The second-order valence-corrected chi connectivity index (χ2v) is 8.73. The fourth-order valence-electron chi connectivity index (χ4n) is 4.03. The Balaban J connectivity index is 1.74. The molecular weight excluding hydrogens is 443 g/mol. The molecule has 0 bridgehead atoms. The number of benzene rings is 2. The van der Waals surface area contributed by atoms with Gasteiger partial charge < -0.3 is 4.42 Å². The zero-order chi connectivity index (χ0) is 23.1. The summed E-state index contributed by atoms with van der Waals surface area (Å²) in [6.45, 7) is 3.43. The molecule has 1 atom stereocenters. The van der Waals surface area contributed by atoms with Crippen LogP contribution in [-0.4, -0.2) is 21.7 Å². The average molecular weight is 464 g/mol. The third-order valence-corrected chi connectivity index (χ3v) is 6.13. The summed E-state index contributed by atoms with van der Waals surface area (Å²) >= 11 is 1.40. The van der Waals surface area contributed by atoms with Crippen molar-refractivity contribution in [2.75, 3.05) is 10.7 Å². The highest BCUT2D eigenvalue weighted by molar-refractivity contribution is 7.99. The van der Waals surface area contributed by atoms with E-state index >= 15 is 0 Å². The van der Waals surface area contributed by atoms with Crippen LogP contribution in [0.1, 0.15) is 25.8 Å². The van der Waals surface area contributed by atoms with Crippen LogP contribution in [0.3, 0.4) is 0 Å². The molecule has 1 aliphatic rings. The van der Waals surface area contributed by atoms with Crippen LogP contribution in [0, 0.1) is 5.82 Å². The largest absolute Gasteiger partial charge is 0.452 e. The number of aromatic amines is 1. The highest BCUT2D eigenvalue weighted by Gasteiger charge is 2.46. The predicted octanol–water partition coefficient (Wildman–Crippen LogP) is 4.15. The fraction of sp³-hybridized carbons (Fsp3) is 0.167. The number of fused-ring (bicyclic) bond motifs is 3. The molecule has 7 nitrogen and oxygen atoms in total. The van der Waals surface area contributed by atoms with Crippen molar-refractivity contribution < 1.29 is 18.3 Å². The number of nitrogens with one attached hydrogen (secondary N) is 1. The SMILES string of the molecule is CCSc1n[n+]2c(c(=O)[nH]1)-c1ccccc1N(C(C)=O)C2c1ccc(-c2ccc(F)cc2)o1. The maximum absolute atomic E-state index is 13.4. The van der Waals surface area contributed by atoms with Gasteiger partial charge >= 0.3 is 17.4 Å². The van der Waals surface area contributed by atoms with E-state index < -0.39 is 6.17 Å². The molecule has 0 fully saturated rings. The number of nitrogens with zero attached hydrogens (tertiary/aromatic N) is 3. The van der Waals surface area contributed by atoms with E-state index in [1.165, 1.54) is 30.8 Å². The van der Waals surface area contributed by atoms with Crippen LogP contribution in [0.4, 0.5) is 10.1 Å². The summed E-state index contributed by atoms with van der Waals surface area (Å²) < 4.78 is 21.1. The Morgan fingerprint density at radius 2 is 1.94 bits per heavy atom. The van der Waals surface area contributed by atoms with E-state index in [2.05, 4.69) is 10.1 Å². The van der Waals surface area contributed by atoms with Gasteiger partial charge in [-0.05, 0) is 59.0 Å². The Labute approximate surface area is 192 Å². The van der Waals surface area contributed by atoms with Gasteiger partial charge in [-0.3, -0.25) is 14.6 Å². The summed E-state index contributed by atoms with van der Waals surface area (Å²) in [5, 5.41) is 5.12. The maximum Gasteiger partial charge on any atom is 0.325 e. The van der Waals surface area contributed by atoms with Crippen molar-refractivity contribution in [2.45, 2.75) is 25.2 Å². The lowest BCUT2D eigenvalue weighted by Crippen LogP contribution is -2.60. The van der Waals surface area contributed by atoms with E-state index in [4.69, 9.17) is 4.42 Å². The van der Waals surface area contributed by atoms with Crippen LogP contribution in [0.2, 0.25) is 0 Å². The standard InChI is InChI=1S/C24H19FN4O3S/c1-3-33-24-26-22(31)21-17-6-4-5-7-18(17)28(14(2)30)23(29(21)27-24)20-13-12-19(32-20)15-8-10-16(25)11-9-15/h4-13,23H,3H2,1-2H3/p+1. The minimum atomic E-state index is -0.805. The normalized spacial score (nSPS) is 14.6. The van der Waals surface area contributed by atoms with Crippen LogP contribution in [0.5, 0.6) is 0 Å². The molecule has 3 heterocycles. The van der Waals surface area contributed by atoms with Crippen LogP contribution >= 0.6 is 11.8 Å². The first-order chi connectivity index (χ1) is 16.0. The van der Waals surface area contributed by atoms with Crippen molar-refractivity contribution in [1.82, 2.24) is 10.1 Å². The molecule has 5 rings (SSSR count). The molecule has 0 spiro atoms. The second kappa shape index (κ2) is 8.32. The molecule has 1 amide bonds. The van der Waals surface area contributed by atoms with Gasteiger partial charge in [-0.2, -0.15) is 0 Å². The highest BCUT2D eigenvalue weighted by Crippen LogP contribution is 2.38. The van der Waals surface area contributed by atoms with Crippen molar-refractivity contribution in [3.8, 4) is 22.6 Å². The smallest absolute Gasteiger partial charge is 0.325 e. The van der Waals surface area contributed by atoms with E-state index in [-0.39, 0.29) is 17.3 Å². The van der Waals surface area contributed by atoms with Crippen LogP contribution in [-0.2, 0) is 4.79 Å². The number of furan rings is 1. The lowest BCUT2D eigenvalue weighted by atomic mass is 10.0. The van der Waals surface area contributed by atoms with Gasteiger partial charge in [0.15, 0.2) is 5.76 Å². The second-order valence-electron chi connectivity index (χ2n) is 7.47. The number of hydrogen-bond donors (Lipinski definition) is 1. The van der Waals surface area contributed by atoms with Gasteiger partial charge in [0.05, 0.1) is 11.3 Å². The lowest BCUT2D eigenvalue weighted by molar-refractivity contribution is -0.764. The van der Waals surface area contributed by atoms with Gasteiger partial charge in [0.1, 0.15) is 11.6 Å². The molecule has 1 aliphatic heterocycles. The summed E-state index contributed by atoms with van der Waals surface area (Å²) in [4.78, 5) is 30.4. The van der Waals surface area contributed by atoms with E-state index in [0.717, 1.165) is 5.75 Å². The van der Waals surface area contributed by atoms with Crippen molar-refractivity contribution in [1.29, 1.82) is 0 Å². The predicted molar refractivity (Wildman–Crippen MR) is 122 cm³/mol.